The van der Waals surface area contributed by atoms with E-state index in [4.69, 9.17) is 0 Å². The van der Waals surface area contributed by atoms with Crippen molar-refractivity contribution in [2.45, 2.75) is 25.6 Å². The molecule has 23 heavy (non-hydrogen) atoms. The van der Waals surface area contributed by atoms with Crippen LogP contribution in [0.4, 0.5) is 19.0 Å². The third-order valence-corrected chi connectivity index (χ3v) is 3.64. The highest BCUT2D eigenvalue weighted by Gasteiger charge is 2.34. The Bertz CT molecular complexity index is 815. The predicted octanol–water partition coefficient (Wildman–Crippen LogP) is 0.883. The van der Waals surface area contributed by atoms with E-state index in [0.717, 1.165) is 23.2 Å². The highest BCUT2D eigenvalue weighted by molar-refractivity contribution is 7.88. The van der Waals surface area contributed by atoms with Crippen LogP contribution in [0.2, 0.25) is 0 Å². The Morgan fingerprint density at radius 3 is 2.52 bits per heavy atom. The van der Waals surface area contributed by atoms with Gasteiger partial charge in [-0.25, -0.2) is 18.1 Å². The van der Waals surface area contributed by atoms with Gasteiger partial charge in [-0.05, 0) is 13.8 Å². The maximum absolute atomic E-state index is 12.9. The first-order chi connectivity index (χ1) is 10.4. The van der Waals surface area contributed by atoms with Crippen LogP contribution in [0.5, 0.6) is 0 Å². The van der Waals surface area contributed by atoms with E-state index in [0.29, 0.717) is 0 Å². The number of sulfonamides is 1. The molecule has 0 bridgehead atoms. The first kappa shape index (κ1) is 17.4. The topological polar surface area (TPSA) is 101 Å². The zero-order valence-electron chi connectivity index (χ0n) is 12.5. The van der Waals surface area contributed by atoms with Crippen LogP contribution in [0.1, 0.15) is 19.5 Å². The fourth-order valence-electron chi connectivity index (χ4n) is 1.93. The van der Waals surface area contributed by atoms with Crippen molar-refractivity contribution in [1.29, 1.82) is 0 Å². The van der Waals surface area contributed by atoms with E-state index in [-0.39, 0.29) is 18.1 Å². The number of fused-ring (bicyclic) bond motifs is 1. The molecule has 0 radical (unpaired) electrons. The Kier molecular flexibility index (Phi) is 4.24. The van der Waals surface area contributed by atoms with Crippen molar-refractivity contribution in [2.24, 2.45) is 0 Å². The molecule has 128 valence electrons. The molecule has 0 spiro atoms. The first-order valence-corrected chi connectivity index (χ1v) is 8.27. The standard InChI is InChI=1S/C11H15F3N6O2S/c1-10(2,19-23(3,21)22)5-15-8-4-7(11(12,13)14)18-9-16-6-17-20(8)9/h4,6,15,19H,5H2,1-3H3. The molecule has 0 aliphatic carbocycles. The molecule has 12 heteroatoms. The molecular weight excluding hydrogens is 337 g/mol. The van der Waals surface area contributed by atoms with Gasteiger partial charge in [0.1, 0.15) is 12.1 Å². The van der Waals surface area contributed by atoms with Crippen LogP contribution in [0.15, 0.2) is 12.4 Å². The molecule has 0 aliphatic heterocycles. The largest absolute Gasteiger partial charge is 0.433 e. The van der Waals surface area contributed by atoms with Crippen LogP contribution < -0.4 is 10.0 Å². The molecule has 0 unspecified atom stereocenters. The van der Waals surface area contributed by atoms with Crippen LogP contribution >= 0.6 is 0 Å². The maximum atomic E-state index is 12.9. The molecule has 2 rings (SSSR count). The highest BCUT2D eigenvalue weighted by atomic mass is 32.2. The van der Waals surface area contributed by atoms with Crippen molar-refractivity contribution in [3.8, 4) is 0 Å². The monoisotopic (exact) mass is 352 g/mol. The van der Waals surface area contributed by atoms with Crippen molar-refractivity contribution < 1.29 is 21.6 Å². The first-order valence-electron chi connectivity index (χ1n) is 6.38. The summed E-state index contributed by atoms with van der Waals surface area (Å²) in [4.78, 5) is 7.03. The smallest absolute Gasteiger partial charge is 0.368 e. The van der Waals surface area contributed by atoms with E-state index in [1.54, 1.807) is 13.8 Å². The van der Waals surface area contributed by atoms with E-state index in [9.17, 15) is 21.6 Å². The van der Waals surface area contributed by atoms with Gasteiger partial charge < -0.3 is 5.32 Å². The molecule has 0 aromatic carbocycles. The van der Waals surface area contributed by atoms with Crippen LogP contribution in [-0.4, -0.2) is 46.3 Å². The molecule has 2 aromatic rings. The van der Waals surface area contributed by atoms with E-state index >= 15 is 0 Å². The number of nitrogens with zero attached hydrogens (tertiary/aromatic N) is 4. The average molecular weight is 352 g/mol. The normalized spacial score (nSPS) is 13.5. The number of halogens is 3. The lowest BCUT2D eigenvalue weighted by Crippen LogP contribution is -2.48. The number of nitrogens with one attached hydrogen (secondary N) is 2. The second kappa shape index (κ2) is 5.60. The van der Waals surface area contributed by atoms with Crippen molar-refractivity contribution in [1.82, 2.24) is 24.3 Å². The van der Waals surface area contributed by atoms with Crippen LogP contribution in [0.25, 0.3) is 5.78 Å². The predicted molar refractivity (Wildman–Crippen MR) is 76.3 cm³/mol. The molecular formula is C11H15F3N6O2S. The Hall–Kier alpha value is -1.95. The number of hydrogen-bond donors (Lipinski definition) is 2. The summed E-state index contributed by atoms with van der Waals surface area (Å²) in [6, 6.07) is 0.790. The average Bonchev–Trinajstić information content (AvgIpc) is 2.79. The van der Waals surface area contributed by atoms with E-state index < -0.39 is 27.4 Å². The number of rotatable bonds is 5. The van der Waals surface area contributed by atoms with Crippen molar-refractivity contribution in [3.05, 3.63) is 18.1 Å². The van der Waals surface area contributed by atoms with Gasteiger partial charge in [-0.3, -0.25) is 0 Å². The summed E-state index contributed by atoms with van der Waals surface area (Å²) in [5, 5.41) is 6.53. The Balaban J connectivity index is 2.31. The number of hydrogen-bond acceptors (Lipinski definition) is 6. The molecule has 0 amide bonds. The van der Waals surface area contributed by atoms with Gasteiger partial charge in [0.2, 0.25) is 10.0 Å². The molecule has 0 atom stereocenters. The van der Waals surface area contributed by atoms with Gasteiger partial charge in [-0.15, -0.1) is 0 Å². The lowest BCUT2D eigenvalue weighted by molar-refractivity contribution is -0.141. The van der Waals surface area contributed by atoms with Crippen LogP contribution in [0, 0.1) is 0 Å². The van der Waals surface area contributed by atoms with Gasteiger partial charge in [-0.2, -0.15) is 27.8 Å². The summed E-state index contributed by atoms with van der Waals surface area (Å²) in [6.07, 6.45) is -2.56. The Labute approximate surface area is 130 Å². The second-order valence-corrected chi connectivity index (χ2v) is 7.36. The van der Waals surface area contributed by atoms with Gasteiger partial charge in [0.05, 0.1) is 6.26 Å². The molecule has 2 aromatic heterocycles. The molecule has 2 N–H and O–H groups in total. The molecule has 0 aliphatic rings. The molecule has 0 saturated carbocycles. The molecule has 2 heterocycles. The van der Waals surface area contributed by atoms with Gasteiger partial charge in [-0.1, -0.05) is 0 Å². The van der Waals surface area contributed by atoms with Gasteiger partial charge in [0.25, 0.3) is 5.78 Å². The molecule has 8 nitrogen and oxygen atoms in total. The Morgan fingerprint density at radius 2 is 1.96 bits per heavy atom. The summed E-state index contributed by atoms with van der Waals surface area (Å²) in [6.45, 7) is 3.20. The molecule has 0 fully saturated rings. The van der Waals surface area contributed by atoms with E-state index in [2.05, 4.69) is 25.1 Å². The SMILES string of the molecule is CC(C)(CNc1cc(C(F)(F)F)nc2ncnn12)NS(C)(=O)=O. The third-order valence-electron chi connectivity index (χ3n) is 2.72. The zero-order chi connectivity index (χ0) is 17.5. The van der Waals surface area contributed by atoms with Crippen molar-refractivity contribution in [3.63, 3.8) is 0 Å². The van der Waals surface area contributed by atoms with Gasteiger partial charge >= 0.3 is 6.18 Å². The number of anilines is 1. The summed E-state index contributed by atoms with van der Waals surface area (Å²) in [5.41, 5.74) is -2.04. The minimum Gasteiger partial charge on any atom is -0.368 e. The lowest BCUT2D eigenvalue weighted by atomic mass is 10.1. The van der Waals surface area contributed by atoms with Crippen LogP contribution in [-0.2, 0) is 16.2 Å². The van der Waals surface area contributed by atoms with Crippen LogP contribution in [0.3, 0.4) is 0 Å². The van der Waals surface area contributed by atoms with E-state index in [1.165, 1.54) is 0 Å². The quantitative estimate of drug-likeness (QED) is 0.828. The van der Waals surface area contributed by atoms with Gasteiger partial charge in [0.15, 0.2) is 5.69 Å². The summed E-state index contributed by atoms with van der Waals surface area (Å²) in [5.74, 6) is -0.209. The highest BCUT2D eigenvalue weighted by Crippen LogP contribution is 2.29. The summed E-state index contributed by atoms with van der Waals surface area (Å²) >= 11 is 0. The van der Waals surface area contributed by atoms with E-state index in [1.807, 2.05) is 0 Å². The summed E-state index contributed by atoms with van der Waals surface area (Å²) in [7, 11) is -3.47. The Morgan fingerprint density at radius 1 is 1.30 bits per heavy atom. The van der Waals surface area contributed by atoms with Crippen molar-refractivity contribution >= 4 is 21.6 Å². The number of aromatic nitrogens is 4. The van der Waals surface area contributed by atoms with Gasteiger partial charge in [0, 0.05) is 18.2 Å². The number of alkyl halides is 3. The minimum absolute atomic E-state index is 0.00296. The third kappa shape index (κ3) is 4.51. The fraction of sp³-hybridized carbons (Fsp3) is 0.545. The van der Waals surface area contributed by atoms with Crippen molar-refractivity contribution in [2.75, 3.05) is 18.1 Å². The zero-order valence-corrected chi connectivity index (χ0v) is 13.3. The summed E-state index contributed by atoms with van der Waals surface area (Å²) < 4.78 is 64.6. The minimum atomic E-state index is -4.63. The fourth-order valence-corrected chi connectivity index (χ4v) is 3.01. The molecule has 0 saturated heterocycles. The maximum Gasteiger partial charge on any atom is 0.433 e. The lowest BCUT2D eigenvalue weighted by Gasteiger charge is -2.26. The second-order valence-electron chi connectivity index (χ2n) is 5.61.